The molecule has 5 rings (SSSR count). The van der Waals surface area contributed by atoms with Crippen LogP contribution in [0.15, 0.2) is 54.9 Å². The normalized spacial score (nSPS) is 15.3. The third kappa shape index (κ3) is 2.62. The molecule has 1 fully saturated rings. The van der Waals surface area contributed by atoms with Crippen LogP contribution >= 0.6 is 0 Å². The van der Waals surface area contributed by atoms with E-state index in [1.54, 1.807) is 6.07 Å². The van der Waals surface area contributed by atoms with E-state index in [2.05, 4.69) is 27.4 Å². The van der Waals surface area contributed by atoms with Gasteiger partial charge in [-0.05, 0) is 54.7 Å². The number of halogens is 1. The maximum Gasteiger partial charge on any atom is 0.230 e. The molecule has 0 bridgehead atoms. The van der Waals surface area contributed by atoms with Gasteiger partial charge in [-0.15, -0.1) is 0 Å². The molecule has 27 heavy (non-hydrogen) atoms. The highest BCUT2D eigenvalue weighted by atomic mass is 19.1. The quantitative estimate of drug-likeness (QED) is 0.491. The van der Waals surface area contributed by atoms with Crippen LogP contribution in [-0.4, -0.2) is 22.4 Å². The molecule has 0 atom stereocenters. The van der Waals surface area contributed by atoms with Crippen LogP contribution < -0.4 is 5.32 Å². The first kappa shape index (κ1) is 16.1. The van der Waals surface area contributed by atoms with Gasteiger partial charge in [0.25, 0.3) is 0 Å². The molecule has 0 unspecified atom stereocenters. The molecule has 0 aliphatic heterocycles. The lowest BCUT2D eigenvalue weighted by molar-refractivity contribution is -0.123. The molecule has 1 aliphatic carbocycles. The second kappa shape index (κ2) is 5.98. The number of hydrogen-bond acceptors (Lipinski definition) is 1. The van der Waals surface area contributed by atoms with E-state index in [0.29, 0.717) is 6.54 Å². The van der Waals surface area contributed by atoms with E-state index in [9.17, 15) is 9.18 Å². The van der Waals surface area contributed by atoms with Gasteiger partial charge in [-0.25, -0.2) is 4.39 Å². The van der Waals surface area contributed by atoms with Crippen molar-refractivity contribution in [2.45, 2.75) is 24.7 Å². The molecule has 1 amide bonds. The summed E-state index contributed by atoms with van der Waals surface area (Å²) < 4.78 is 13.4. The summed E-state index contributed by atoms with van der Waals surface area (Å²) in [6.07, 6.45) is 6.31. The van der Waals surface area contributed by atoms with Gasteiger partial charge in [0, 0.05) is 40.7 Å². The van der Waals surface area contributed by atoms with Gasteiger partial charge >= 0.3 is 0 Å². The first-order chi connectivity index (χ1) is 13.2. The highest BCUT2D eigenvalue weighted by Gasteiger charge is 2.52. The molecule has 0 radical (unpaired) electrons. The lowest BCUT2D eigenvalue weighted by atomic mass is 9.94. The zero-order valence-electron chi connectivity index (χ0n) is 14.8. The number of H-pyrrole nitrogens is 2. The number of carbonyl (C=O) groups excluding carboxylic acids is 1. The van der Waals surface area contributed by atoms with Gasteiger partial charge < -0.3 is 15.3 Å². The van der Waals surface area contributed by atoms with Crippen LogP contribution in [0.4, 0.5) is 4.39 Å². The largest absolute Gasteiger partial charge is 0.361 e. The molecule has 5 heteroatoms. The molecular weight excluding hydrogens is 341 g/mol. The number of aromatic amines is 2. The van der Waals surface area contributed by atoms with E-state index in [-0.39, 0.29) is 11.7 Å². The van der Waals surface area contributed by atoms with Crippen molar-refractivity contribution < 1.29 is 9.18 Å². The number of rotatable bonds is 5. The molecule has 1 saturated carbocycles. The number of amides is 1. The smallest absolute Gasteiger partial charge is 0.230 e. The van der Waals surface area contributed by atoms with Crippen LogP contribution in [0, 0.1) is 5.82 Å². The summed E-state index contributed by atoms with van der Waals surface area (Å²) >= 11 is 0. The number of nitrogens with one attached hydrogen (secondary N) is 3. The Morgan fingerprint density at radius 3 is 2.70 bits per heavy atom. The van der Waals surface area contributed by atoms with E-state index in [4.69, 9.17) is 0 Å². The van der Waals surface area contributed by atoms with Crippen LogP contribution in [0.2, 0.25) is 0 Å². The molecule has 4 nitrogen and oxygen atoms in total. The van der Waals surface area contributed by atoms with Crippen molar-refractivity contribution in [1.82, 2.24) is 15.3 Å². The zero-order valence-corrected chi connectivity index (χ0v) is 14.8. The number of hydrogen-bond donors (Lipinski definition) is 3. The Kier molecular flexibility index (Phi) is 3.57. The van der Waals surface area contributed by atoms with Crippen molar-refractivity contribution in [2.24, 2.45) is 0 Å². The lowest BCUT2D eigenvalue weighted by Gasteiger charge is -2.15. The second-order valence-electron chi connectivity index (χ2n) is 7.34. The van der Waals surface area contributed by atoms with Crippen LogP contribution in [-0.2, 0) is 16.6 Å². The summed E-state index contributed by atoms with van der Waals surface area (Å²) in [6.45, 7) is 0.597. The van der Waals surface area contributed by atoms with Crippen molar-refractivity contribution in [3.63, 3.8) is 0 Å². The molecule has 2 aromatic carbocycles. The van der Waals surface area contributed by atoms with Crippen molar-refractivity contribution >= 4 is 27.7 Å². The Bertz CT molecular complexity index is 1150. The predicted molar refractivity (Wildman–Crippen MR) is 104 cm³/mol. The van der Waals surface area contributed by atoms with Crippen LogP contribution in [0.5, 0.6) is 0 Å². The van der Waals surface area contributed by atoms with E-state index < -0.39 is 5.41 Å². The third-order valence-electron chi connectivity index (χ3n) is 5.70. The maximum absolute atomic E-state index is 13.4. The first-order valence-corrected chi connectivity index (χ1v) is 9.28. The molecule has 2 aromatic heterocycles. The number of benzene rings is 2. The van der Waals surface area contributed by atoms with Crippen molar-refractivity contribution in [1.29, 1.82) is 0 Å². The minimum atomic E-state index is -0.476. The van der Waals surface area contributed by atoms with Gasteiger partial charge in [0.2, 0.25) is 5.91 Å². The molecule has 1 aliphatic rings. The molecule has 0 saturated heterocycles. The Hall–Kier alpha value is -3.08. The monoisotopic (exact) mass is 361 g/mol. The van der Waals surface area contributed by atoms with Gasteiger partial charge in [0.15, 0.2) is 0 Å². The highest BCUT2D eigenvalue weighted by molar-refractivity contribution is 5.97. The van der Waals surface area contributed by atoms with Crippen LogP contribution in [0.1, 0.15) is 24.0 Å². The molecule has 136 valence electrons. The molecule has 0 spiro atoms. The summed E-state index contributed by atoms with van der Waals surface area (Å²) in [5.74, 6) is -0.212. The van der Waals surface area contributed by atoms with Gasteiger partial charge in [0.05, 0.1) is 5.41 Å². The highest BCUT2D eigenvalue weighted by Crippen LogP contribution is 2.50. The van der Waals surface area contributed by atoms with Gasteiger partial charge in [-0.1, -0.05) is 18.2 Å². The molecule has 3 N–H and O–H groups in total. The Morgan fingerprint density at radius 1 is 1.04 bits per heavy atom. The summed E-state index contributed by atoms with van der Waals surface area (Å²) in [7, 11) is 0. The third-order valence-corrected chi connectivity index (χ3v) is 5.70. The average Bonchev–Trinajstić information content (AvgIpc) is 3.22. The first-order valence-electron chi connectivity index (χ1n) is 9.28. The molecular formula is C22H20FN3O. The fourth-order valence-electron chi connectivity index (χ4n) is 4.06. The van der Waals surface area contributed by atoms with Crippen molar-refractivity contribution in [2.75, 3.05) is 6.54 Å². The predicted octanol–water partition coefficient (Wildman–Crippen LogP) is 4.18. The van der Waals surface area contributed by atoms with E-state index >= 15 is 0 Å². The summed E-state index contributed by atoms with van der Waals surface area (Å²) in [6, 6.07) is 12.9. The summed E-state index contributed by atoms with van der Waals surface area (Å²) in [5, 5.41) is 5.24. The van der Waals surface area contributed by atoms with Gasteiger partial charge in [-0.2, -0.15) is 0 Å². The van der Waals surface area contributed by atoms with E-state index in [0.717, 1.165) is 41.2 Å². The summed E-state index contributed by atoms with van der Waals surface area (Å²) in [4.78, 5) is 19.3. The molecule has 2 heterocycles. The Labute approximate surface area is 155 Å². The lowest BCUT2D eigenvalue weighted by Crippen LogP contribution is -2.35. The van der Waals surface area contributed by atoms with Crippen LogP contribution in [0.25, 0.3) is 21.8 Å². The van der Waals surface area contributed by atoms with E-state index in [1.165, 1.54) is 23.1 Å². The van der Waals surface area contributed by atoms with Gasteiger partial charge in [-0.3, -0.25) is 4.79 Å². The molecule has 4 aromatic rings. The minimum Gasteiger partial charge on any atom is -0.361 e. The fraction of sp³-hybridized carbons (Fsp3) is 0.227. The Morgan fingerprint density at radius 2 is 1.85 bits per heavy atom. The maximum atomic E-state index is 13.4. The van der Waals surface area contributed by atoms with Crippen molar-refractivity contribution in [3.05, 3.63) is 71.8 Å². The zero-order chi connectivity index (χ0) is 18.4. The Balaban J connectivity index is 1.32. The number of fused-ring (bicyclic) bond motifs is 2. The summed E-state index contributed by atoms with van der Waals surface area (Å²) in [5.41, 5.74) is 3.56. The number of carbonyl (C=O) groups is 1. The van der Waals surface area contributed by atoms with Crippen molar-refractivity contribution in [3.8, 4) is 0 Å². The van der Waals surface area contributed by atoms with Gasteiger partial charge in [0.1, 0.15) is 5.82 Å². The number of aromatic nitrogens is 2. The van der Waals surface area contributed by atoms with E-state index in [1.807, 2.05) is 24.5 Å². The standard InChI is InChI=1S/C22H20FN3O/c23-15-5-6-17-18(13-26-20(17)11-15)22(8-9-22)21(27)24-10-7-14-12-25-19-4-2-1-3-16(14)19/h1-6,11-13,25-26H,7-10H2,(H,24,27). The second-order valence-corrected chi connectivity index (χ2v) is 7.34. The average molecular weight is 361 g/mol. The SMILES string of the molecule is O=C(NCCc1c[nH]c2ccccc12)C1(c2c[nH]c3cc(F)ccc23)CC1. The topological polar surface area (TPSA) is 60.7 Å². The fourth-order valence-corrected chi connectivity index (χ4v) is 4.06. The minimum absolute atomic E-state index is 0.0626. The van der Waals surface area contributed by atoms with Crippen LogP contribution in [0.3, 0.4) is 0 Å². The number of para-hydroxylation sites is 1.